The maximum absolute atomic E-state index is 12.4. The fourth-order valence-corrected chi connectivity index (χ4v) is 3.52. The van der Waals surface area contributed by atoms with Crippen molar-refractivity contribution in [1.82, 2.24) is 5.32 Å². The van der Waals surface area contributed by atoms with Gasteiger partial charge in [0.25, 0.3) is 5.91 Å². The van der Waals surface area contributed by atoms with Crippen LogP contribution in [0.3, 0.4) is 0 Å². The molecule has 1 aliphatic carbocycles. The lowest BCUT2D eigenvalue weighted by Gasteiger charge is -2.22. The van der Waals surface area contributed by atoms with Crippen LogP contribution in [0, 0.1) is 0 Å². The number of hydrogen-bond donors (Lipinski definition) is 3. The number of carbonyl (C=O) groups excluding carboxylic acids is 2. The van der Waals surface area contributed by atoms with Gasteiger partial charge >= 0.3 is 0 Å². The van der Waals surface area contributed by atoms with Crippen molar-refractivity contribution in [3.05, 3.63) is 54.1 Å². The first-order valence-corrected chi connectivity index (χ1v) is 10.8. The van der Waals surface area contributed by atoms with Crippen LogP contribution in [-0.2, 0) is 9.53 Å². The van der Waals surface area contributed by atoms with E-state index in [9.17, 15) is 9.59 Å². The summed E-state index contributed by atoms with van der Waals surface area (Å²) in [6.45, 7) is 1.13. The second-order valence-corrected chi connectivity index (χ2v) is 7.65. The number of anilines is 2. The normalized spacial score (nSPS) is 14.0. The molecule has 3 rings (SSSR count). The van der Waals surface area contributed by atoms with Crippen molar-refractivity contribution in [2.75, 3.05) is 37.5 Å². The number of methoxy groups -OCH3 is 1. The van der Waals surface area contributed by atoms with Crippen LogP contribution >= 0.6 is 0 Å². The minimum atomic E-state index is -0.160. The van der Waals surface area contributed by atoms with Crippen molar-refractivity contribution < 1.29 is 19.1 Å². The quantitative estimate of drug-likeness (QED) is 0.504. The molecule has 0 aromatic heterocycles. The fraction of sp³-hybridized carbons (Fsp3) is 0.417. The van der Waals surface area contributed by atoms with Gasteiger partial charge in [-0.1, -0.05) is 19.3 Å². The van der Waals surface area contributed by atoms with E-state index < -0.39 is 0 Å². The summed E-state index contributed by atoms with van der Waals surface area (Å²) in [4.78, 5) is 24.6. The lowest BCUT2D eigenvalue weighted by atomic mass is 9.95. The molecule has 0 heterocycles. The van der Waals surface area contributed by atoms with Crippen LogP contribution in [-0.4, -0.2) is 44.7 Å². The van der Waals surface area contributed by atoms with E-state index in [1.807, 2.05) is 12.1 Å². The molecule has 0 radical (unpaired) electrons. The first kappa shape index (κ1) is 22.6. The van der Waals surface area contributed by atoms with E-state index in [0.29, 0.717) is 24.5 Å². The zero-order valence-corrected chi connectivity index (χ0v) is 18.0. The molecule has 3 N–H and O–H groups in total. The number of amides is 2. The van der Waals surface area contributed by atoms with Gasteiger partial charge in [0.2, 0.25) is 5.91 Å². The largest absolute Gasteiger partial charge is 0.491 e. The molecule has 7 nitrogen and oxygen atoms in total. The Morgan fingerprint density at radius 2 is 1.58 bits per heavy atom. The van der Waals surface area contributed by atoms with Gasteiger partial charge in [0.05, 0.1) is 13.2 Å². The number of benzene rings is 2. The highest BCUT2D eigenvalue weighted by molar-refractivity contribution is 5.95. The highest BCUT2D eigenvalue weighted by atomic mass is 16.5. The van der Waals surface area contributed by atoms with Crippen molar-refractivity contribution in [2.45, 2.75) is 38.1 Å². The van der Waals surface area contributed by atoms with Crippen molar-refractivity contribution in [3.63, 3.8) is 0 Å². The molecule has 0 saturated heterocycles. The molecule has 0 atom stereocenters. The maximum atomic E-state index is 12.4. The summed E-state index contributed by atoms with van der Waals surface area (Å²) in [6.07, 6.45) is 5.74. The third kappa shape index (κ3) is 7.61. The summed E-state index contributed by atoms with van der Waals surface area (Å²) in [5.41, 5.74) is 2.11. The summed E-state index contributed by atoms with van der Waals surface area (Å²) in [6, 6.07) is 14.7. The Labute approximate surface area is 183 Å². The first-order chi connectivity index (χ1) is 15.1. The fourth-order valence-electron chi connectivity index (χ4n) is 3.52. The Morgan fingerprint density at radius 1 is 0.903 bits per heavy atom. The molecule has 166 valence electrons. The summed E-state index contributed by atoms with van der Waals surface area (Å²) in [7, 11) is 1.62. The van der Waals surface area contributed by atoms with Gasteiger partial charge in [0.15, 0.2) is 0 Å². The maximum Gasteiger partial charge on any atom is 0.251 e. The molecule has 0 bridgehead atoms. The zero-order chi connectivity index (χ0) is 21.9. The zero-order valence-electron chi connectivity index (χ0n) is 18.0. The average Bonchev–Trinajstić information content (AvgIpc) is 2.80. The van der Waals surface area contributed by atoms with Crippen molar-refractivity contribution >= 4 is 23.2 Å². The Kier molecular flexibility index (Phi) is 8.72. The molecule has 2 aromatic rings. The predicted octanol–water partition coefficient (Wildman–Crippen LogP) is 3.82. The second-order valence-electron chi connectivity index (χ2n) is 7.65. The number of carbonyl (C=O) groups is 2. The van der Waals surface area contributed by atoms with E-state index in [0.717, 1.165) is 24.3 Å². The van der Waals surface area contributed by atoms with Gasteiger partial charge in [-0.15, -0.1) is 0 Å². The predicted molar refractivity (Wildman–Crippen MR) is 122 cm³/mol. The lowest BCUT2D eigenvalue weighted by Crippen LogP contribution is -2.36. The van der Waals surface area contributed by atoms with Crippen LogP contribution in [0.2, 0.25) is 0 Å². The van der Waals surface area contributed by atoms with Gasteiger partial charge in [-0.25, -0.2) is 0 Å². The standard InChI is InChI=1S/C24H31N3O4/c1-30-15-16-31-22-13-11-21(12-14-22)26-23(28)17-25-19-9-7-18(8-10-19)24(29)27-20-5-3-2-4-6-20/h7-14,20,25H,2-6,15-17H2,1H3,(H,26,28)(H,27,29). The topological polar surface area (TPSA) is 88.7 Å². The van der Waals surface area contributed by atoms with Gasteiger partial charge in [0, 0.05) is 30.1 Å². The number of ether oxygens (including phenoxy) is 2. The number of rotatable bonds is 10. The van der Waals surface area contributed by atoms with Crippen molar-refractivity contribution in [3.8, 4) is 5.75 Å². The highest BCUT2D eigenvalue weighted by Crippen LogP contribution is 2.18. The van der Waals surface area contributed by atoms with E-state index in [1.54, 1.807) is 43.5 Å². The number of nitrogens with one attached hydrogen (secondary N) is 3. The van der Waals surface area contributed by atoms with Crippen LogP contribution in [0.5, 0.6) is 5.75 Å². The number of hydrogen-bond acceptors (Lipinski definition) is 5. The molecule has 1 saturated carbocycles. The third-order valence-corrected chi connectivity index (χ3v) is 5.23. The molecular weight excluding hydrogens is 394 g/mol. The molecule has 2 amide bonds. The van der Waals surface area contributed by atoms with Gasteiger partial charge in [-0.05, 0) is 61.4 Å². The van der Waals surface area contributed by atoms with Crippen LogP contribution < -0.4 is 20.7 Å². The SMILES string of the molecule is COCCOc1ccc(NC(=O)CNc2ccc(C(=O)NC3CCCCC3)cc2)cc1. The molecule has 0 spiro atoms. The third-order valence-electron chi connectivity index (χ3n) is 5.23. The smallest absolute Gasteiger partial charge is 0.251 e. The molecule has 1 aliphatic rings. The Hall–Kier alpha value is -3.06. The van der Waals surface area contributed by atoms with Crippen LogP contribution in [0.1, 0.15) is 42.5 Å². The molecule has 31 heavy (non-hydrogen) atoms. The molecule has 7 heteroatoms. The second kappa shape index (κ2) is 12.0. The van der Waals surface area contributed by atoms with E-state index in [-0.39, 0.29) is 24.4 Å². The highest BCUT2D eigenvalue weighted by Gasteiger charge is 2.16. The van der Waals surface area contributed by atoms with E-state index in [1.165, 1.54) is 19.3 Å². The van der Waals surface area contributed by atoms with Crippen LogP contribution in [0.25, 0.3) is 0 Å². The first-order valence-electron chi connectivity index (χ1n) is 10.8. The molecular formula is C24H31N3O4. The van der Waals surface area contributed by atoms with Crippen LogP contribution in [0.4, 0.5) is 11.4 Å². The van der Waals surface area contributed by atoms with Crippen LogP contribution in [0.15, 0.2) is 48.5 Å². The summed E-state index contributed by atoms with van der Waals surface area (Å²) in [5.74, 6) is 0.527. The van der Waals surface area contributed by atoms with E-state index in [2.05, 4.69) is 16.0 Å². The Morgan fingerprint density at radius 3 is 2.26 bits per heavy atom. The van der Waals surface area contributed by atoms with Crippen molar-refractivity contribution in [2.24, 2.45) is 0 Å². The summed E-state index contributed by atoms with van der Waals surface area (Å²) in [5, 5.41) is 9.02. The van der Waals surface area contributed by atoms with Gasteiger partial charge < -0.3 is 25.4 Å². The molecule has 0 aliphatic heterocycles. The van der Waals surface area contributed by atoms with E-state index in [4.69, 9.17) is 9.47 Å². The minimum absolute atomic E-state index is 0.0363. The summed E-state index contributed by atoms with van der Waals surface area (Å²) >= 11 is 0. The van der Waals surface area contributed by atoms with E-state index >= 15 is 0 Å². The van der Waals surface area contributed by atoms with Gasteiger partial charge in [-0.3, -0.25) is 9.59 Å². The summed E-state index contributed by atoms with van der Waals surface area (Å²) < 4.78 is 10.4. The molecule has 0 unspecified atom stereocenters. The Bertz CT molecular complexity index is 831. The van der Waals surface area contributed by atoms with Gasteiger partial charge in [0.1, 0.15) is 12.4 Å². The van der Waals surface area contributed by atoms with Crippen molar-refractivity contribution in [1.29, 1.82) is 0 Å². The molecule has 2 aromatic carbocycles. The van der Waals surface area contributed by atoms with Gasteiger partial charge in [-0.2, -0.15) is 0 Å². The lowest BCUT2D eigenvalue weighted by molar-refractivity contribution is -0.114. The molecule has 1 fully saturated rings. The minimum Gasteiger partial charge on any atom is -0.491 e. The Balaban J connectivity index is 1.41. The average molecular weight is 426 g/mol. The monoisotopic (exact) mass is 425 g/mol.